The predicted molar refractivity (Wildman–Crippen MR) is 154 cm³/mol. The molecule has 7 nitrogen and oxygen atoms in total. The van der Waals surface area contributed by atoms with Crippen molar-refractivity contribution in [2.24, 2.45) is 5.10 Å². The van der Waals surface area contributed by atoms with Crippen LogP contribution < -0.4 is 10.2 Å². The number of thiophene rings is 1. The molecule has 5 rings (SSSR count). The standard InChI is InChI=1S/C27H17Br2N3O4S/c28-22-10-16(11-23(29)26(22)36-15-18-6-3-5-17-4-1-2-7-21(17)18)14-30-31-27(33)25-13-19-12-20(32(34)35)8-9-24(19)37-25/h1-14H,15H2,(H,31,33)/b30-14-. The van der Waals surface area contributed by atoms with Crippen molar-refractivity contribution in [3.63, 3.8) is 0 Å². The van der Waals surface area contributed by atoms with Gasteiger partial charge in [0.15, 0.2) is 0 Å². The van der Waals surface area contributed by atoms with Crippen LogP contribution in [0.15, 0.2) is 92.9 Å². The van der Waals surface area contributed by atoms with Crippen LogP contribution in [-0.4, -0.2) is 17.0 Å². The normalized spacial score (nSPS) is 11.3. The monoisotopic (exact) mass is 637 g/mol. The summed E-state index contributed by atoms with van der Waals surface area (Å²) in [5.74, 6) is 0.266. The van der Waals surface area contributed by atoms with Crippen molar-refractivity contribution < 1.29 is 14.5 Å². The summed E-state index contributed by atoms with van der Waals surface area (Å²) in [7, 11) is 0. The van der Waals surface area contributed by atoms with E-state index < -0.39 is 10.8 Å². The fourth-order valence-corrected chi connectivity index (χ4v) is 6.22. The molecule has 1 N–H and O–H groups in total. The summed E-state index contributed by atoms with van der Waals surface area (Å²) >= 11 is 8.37. The lowest BCUT2D eigenvalue weighted by atomic mass is 10.1. The number of hydrazone groups is 1. The summed E-state index contributed by atoms with van der Waals surface area (Å²) in [5, 5.41) is 18.0. The quantitative estimate of drug-likeness (QED) is 0.112. The highest BCUT2D eigenvalue weighted by Gasteiger charge is 2.14. The van der Waals surface area contributed by atoms with E-state index in [1.807, 2.05) is 36.4 Å². The van der Waals surface area contributed by atoms with Crippen LogP contribution in [0.1, 0.15) is 20.8 Å². The fraction of sp³-hybridized carbons (Fsp3) is 0.0370. The summed E-state index contributed by atoms with van der Waals surface area (Å²) < 4.78 is 8.38. The van der Waals surface area contributed by atoms with E-state index in [1.165, 1.54) is 29.7 Å². The topological polar surface area (TPSA) is 93.8 Å². The second-order valence-electron chi connectivity index (χ2n) is 8.03. The Morgan fingerprint density at radius 3 is 2.54 bits per heavy atom. The van der Waals surface area contributed by atoms with E-state index in [4.69, 9.17) is 4.74 Å². The predicted octanol–water partition coefficient (Wildman–Crippen LogP) is 7.83. The van der Waals surface area contributed by atoms with E-state index in [1.54, 1.807) is 12.1 Å². The number of non-ortho nitro benzene ring substituents is 1. The van der Waals surface area contributed by atoms with Gasteiger partial charge in [-0.2, -0.15) is 5.10 Å². The van der Waals surface area contributed by atoms with Crippen LogP contribution in [0.3, 0.4) is 0 Å². The lowest BCUT2D eigenvalue weighted by molar-refractivity contribution is -0.384. The number of nitrogens with one attached hydrogen (secondary N) is 1. The van der Waals surface area contributed by atoms with Crippen LogP contribution in [0.2, 0.25) is 0 Å². The largest absolute Gasteiger partial charge is 0.487 e. The molecule has 1 amide bonds. The zero-order chi connectivity index (χ0) is 25.9. The lowest BCUT2D eigenvalue weighted by Gasteiger charge is -2.13. The third-order valence-electron chi connectivity index (χ3n) is 5.59. The van der Waals surface area contributed by atoms with Crippen molar-refractivity contribution >= 4 is 81.9 Å². The molecule has 0 aliphatic rings. The molecule has 0 saturated heterocycles. The number of rotatable bonds is 7. The molecule has 37 heavy (non-hydrogen) atoms. The van der Waals surface area contributed by atoms with Gasteiger partial charge in [0.25, 0.3) is 11.6 Å². The first-order chi connectivity index (χ1) is 17.9. The Hall–Kier alpha value is -3.60. The Balaban J connectivity index is 1.26. The molecular formula is C27H17Br2N3O4S. The van der Waals surface area contributed by atoms with Gasteiger partial charge in [-0.25, -0.2) is 5.43 Å². The number of hydrogen-bond donors (Lipinski definition) is 1. The van der Waals surface area contributed by atoms with Crippen molar-refractivity contribution in [1.29, 1.82) is 0 Å². The van der Waals surface area contributed by atoms with Crippen molar-refractivity contribution in [2.75, 3.05) is 0 Å². The maximum absolute atomic E-state index is 12.5. The van der Waals surface area contributed by atoms with Gasteiger partial charge in [0, 0.05) is 22.2 Å². The number of nitro groups is 1. The third-order valence-corrected chi connectivity index (χ3v) is 7.88. The Labute approximate surface area is 232 Å². The van der Waals surface area contributed by atoms with E-state index in [2.05, 4.69) is 60.6 Å². The van der Waals surface area contributed by atoms with Crippen molar-refractivity contribution in [3.05, 3.63) is 114 Å². The molecule has 0 unspecified atom stereocenters. The molecular weight excluding hydrogens is 622 g/mol. The Bertz CT molecular complexity index is 1670. The molecule has 0 fully saturated rings. The second kappa shape index (κ2) is 10.8. The SMILES string of the molecule is O=C(N/N=C\c1cc(Br)c(OCc2cccc3ccccc23)c(Br)c1)c1cc2cc([N+](=O)[O-])ccc2s1. The van der Waals surface area contributed by atoms with Gasteiger partial charge in [0.05, 0.1) is 25.0 Å². The number of halogens is 2. The highest BCUT2D eigenvalue weighted by Crippen LogP contribution is 2.35. The minimum Gasteiger partial charge on any atom is -0.487 e. The Morgan fingerprint density at radius 1 is 1.00 bits per heavy atom. The highest BCUT2D eigenvalue weighted by atomic mass is 79.9. The lowest BCUT2D eigenvalue weighted by Crippen LogP contribution is -2.16. The number of benzene rings is 4. The highest BCUT2D eigenvalue weighted by molar-refractivity contribution is 9.11. The fourth-order valence-electron chi connectivity index (χ4n) is 3.84. The van der Waals surface area contributed by atoms with E-state index in [-0.39, 0.29) is 5.69 Å². The third kappa shape index (κ3) is 5.56. The average Bonchev–Trinajstić information content (AvgIpc) is 3.32. The minimum atomic E-state index is -0.461. The number of hydrogen-bond acceptors (Lipinski definition) is 6. The van der Waals surface area contributed by atoms with Gasteiger partial charge in [-0.05, 0) is 78.0 Å². The number of carbonyl (C=O) groups is 1. The van der Waals surface area contributed by atoms with Crippen LogP contribution >= 0.6 is 43.2 Å². The summed E-state index contributed by atoms with van der Waals surface area (Å²) in [5.41, 5.74) is 4.31. The van der Waals surface area contributed by atoms with Crippen molar-refractivity contribution in [1.82, 2.24) is 5.43 Å². The smallest absolute Gasteiger partial charge is 0.281 e. The Kier molecular flexibility index (Phi) is 7.31. The van der Waals surface area contributed by atoms with E-state index in [9.17, 15) is 14.9 Å². The number of nitrogens with zero attached hydrogens (tertiary/aromatic N) is 2. The molecule has 1 aromatic heterocycles. The maximum atomic E-state index is 12.5. The van der Waals surface area contributed by atoms with Gasteiger partial charge < -0.3 is 4.74 Å². The molecule has 4 aromatic carbocycles. The molecule has 0 bridgehead atoms. The van der Waals surface area contributed by atoms with Gasteiger partial charge in [-0.15, -0.1) is 11.3 Å². The number of ether oxygens (including phenoxy) is 1. The zero-order valence-electron chi connectivity index (χ0n) is 19.0. The molecule has 10 heteroatoms. The van der Waals surface area contributed by atoms with Crippen molar-refractivity contribution in [3.8, 4) is 5.75 Å². The van der Waals surface area contributed by atoms with E-state index in [0.717, 1.165) is 35.5 Å². The van der Waals surface area contributed by atoms with Gasteiger partial charge >= 0.3 is 0 Å². The zero-order valence-corrected chi connectivity index (χ0v) is 23.0. The van der Waals surface area contributed by atoms with Crippen LogP contribution in [-0.2, 0) is 6.61 Å². The molecule has 0 radical (unpaired) electrons. The molecule has 0 saturated carbocycles. The maximum Gasteiger partial charge on any atom is 0.281 e. The molecule has 0 spiro atoms. The number of fused-ring (bicyclic) bond motifs is 2. The first kappa shape index (κ1) is 25.1. The van der Waals surface area contributed by atoms with E-state index >= 15 is 0 Å². The molecule has 0 aliphatic heterocycles. The first-order valence-electron chi connectivity index (χ1n) is 11.0. The van der Waals surface area contributed by atoms with Crippen LogP contribution in [0.4, 0.5) is 5.69 Å². The van der Waals surface area contributed by atoms with E-state index in [0.29, 0.717) is 22.6 Å². The second-order valence-corrected chi connectivity index (χ2v) is 10.8. The van der Waals surface area contributed by atoms with Gasteiger partial charge in [0.1, 0.15) is 12.4 Å². The molecule has 5 aromatic rings. The summed E-state index contributed by atoms with van der Waals surface area (Å²) in [4.78, 5) is 23.5. The summed E-state index contributed by atoms with van der Waals surface area (Å²) in [6.45, 7) is 0.403. The minimum absolute atomic E-state index is 0.0176. The molecule has 0 aliphatic carbocycles. The Morgan fingerprint density at radius 2 is 1.76 bits per heavy atom. The summed E-state index contributed by atoms with van der Waals surface area (Å²) in [6.07, 6.45) is 1.53. The van der Waals surface area contributed by atoms with Crippen LogP contribution in [0.25, 0.3) is 20.9 Å². The summed E-state index contributed by atoms with van der Waals surface area (Å²) in [6, 6.07) is 24.1. The molecule has 1 heterocycles. The van der Waals surface area contributed by atoms with Crippen LogP contribution in [0.5, 0.6) is 5.75 Å². The van der Waals surface area contributed by atoms with Gasteiger partial charge in [-0.1, -0.05) is 42.5 Å². The average molecular weight is 639 g/mol. The number of nitro benzene ring substituents is 1. The molecule has 0 atom stereocenters. The first-order valence-corrected chi connectivity index (χ1v) is 13.4. The van der Waals surface area contributed by atoms with Crippen molar-refractivity contribution in [2.45, 2.75) is 6.61 Å². The van der Waals surface area contributed by atoms with Crippen LogP contribution in [0, 0.1) is 10.1 Å². The molecule has 184 valence electrons. The number of carbonyl (C=O) groups excluding carboxylic acids is 1. The van der Waals surface area contributed by atoms with Gasteiger partial charge in [0.2, 0.25) is 0 Å². The van der Waals surface area contributed by atoms with Gasteiger partial charge in [-0.3, -0.25) is 14.9 Å². The number of amides is 1.